The number of hydrogen-bond donors (Lipinski definition) is 1. The molecule has 7 heteroatoms. The van der Waals surface area contributed by atoms with Crippen molar-refractivity contribution >= 4 is 16.3 Å². The number of aromatic hydroxyl groups is 1. The minimum absolute atomic E-state index is 0.238. The Hall–Kier alpha value is -1.99. The van der Waals surface area contributed by atoms with Crippen molar-refractivity contribution in [1.29, 1.82) is 0 Å². The molecule has 2 heterocycles. The molecule has 0 fully saturated rings. The van der Waals surface area contributed by atoms with Crippen molar-refractivity contribution in [3.05, 3.63) is 30.1 Å². The Bertz CT molecular complexity index is 674. The molecule has 0 bridgehead atoms. The Morgan fingerprint density at radius 3 is 2.78 bits per heavy atom. The summed E-state index contributed by atoms with van der Waals surface area (Å²) >= 11 is 1.44. The van der Waals surface area contributed by atoms with E-state index in [2.05, 4.69) is 15.3 Å². The molecule has 2 aromatic heterocycles. The zero-order valence-electron chi connectivity index (χ0n) is 9.57. The van der Waals surface area contributed by atoms with Crippen molar-refractivity contribution in [2.45, 2.75) is 6.61 Å². The van der Waals surface area contributed by atoms with Crippen LogP contribution >= 0.6 is 11.3 Å². The summed E-state index contributed by atoms with van der Waals surface area (Å²) in [5, 5.41) is 22.6. The molecule has 0 atom stereocenters. The van der Waals surface area contributed by atoms with Gasteiger partial charge in [-0.3, -0.25) is 0 Å². The zero-order chi connectivity index (χ0) is 12.5. The van der Waals surface area contributed by atoms with Crippen LogP contribution in [-0.4, -0.2) is 32.0 Å². The van der Waals surface area contributed by atoms with Crippen LogP contribution in [0.4, 0.5) is 0 Å². The molecule has 3 aromatic rings. The highest BCUT2D eigenvalue weighted by Gasteiger charge is 2.12. The zero-order valence-corrected chi connectivity index (χ0v) is 10.4. The topological polar surface area (TPSA) is 72.5 Å². The number of phenolic OH excluding ortho intramolecular Hbond substituents is 1. The molecule has 0 saturated heterocycles. The molecule has 92 valence electrons. The quantitative estimate of drug-likeness (QED) is 0.777. The molecule has 0 aliphatic rings. The summed E-state index contributed by atoms with van der Waals surface area (Å²) in [6.07, 6.45) is 0. The minimum atomic E-state index is 0.238. The van der Waals surface area contributed by atoms with Gasteiger partial charge < -0.3 is 9.84 Å². The van der Waals surface area contributed by atoms with Gasteiger partial charge in [-0.2, -0.15) is 9.61 Å². The summed E-state index contributed by atoms with van der Waals surface area (Å²) in [5.74, 6) is 0.913. The first-order valence-electron chi connectivity index (χ1n) is 5.27. The number of phenols is 1. The predicted molar refractivity (Wildman–Crippen MR) is 66.5 cm³/mol. The van der Waals surface area contributed by atoms with Crippen LogP contribution in [0.25, 0.3) is 15.5 Å². The van der Waals surface area contributed by atoms with Crippen molar-refractivity contribution < 1.29 is 9.84 Å². The minimum Gasteiger partial charge on any atom is -0.508 e. The van der Waals surface area contributed by atoms with E-state index in [9.17, 15) is 5.11 Å². The van der Waals surface area contributed by atoms with Gasteiger partial charge in [0.25, 0.3) is 0 Å². The molecule has 0 aliphatic carbocycles. The summed E-state index contributed by atoms with van der Waals surface area (Å²) in [7, 11) is 1.61. The number of ether oxygens (including phenoxy) is 1. The molecule has 0 spiro atoms. The van der Waals surface area contributed by atoms with Crippen LogP contribution < -0.4 is 0 Å². The van der Waals surface area contributed by atoms with Crippen molar-refractivity contribution in [2.24, 2.45) is 0 Å². The molecule has 6 nitrogen and oxygen atoms in total. The maximum absolute atomic E-state index is 9.26. The Labute approximate surface area is 106 Å². The van der Waals surface area contributed by atoms with E-state index in [1.165, 1.54) is 11.3 Å². The van der Waals surface area contributed by atoms with Crippen LogP contribution in [0.15, 0.2) is 24.3 Å². The second-order valence-electron chi connectivity index (χ2n) is 3.70. The van der Waals surface area contributed by atoms with E-state index < -0.39 is 0 Å². The molecular formula is C11H10N4O2S. The number of methoxy groups -OCH3 is 1. The summed E-state index contributed by atoms with van der Waals surface area (Å²) in [6.45, 7) is 0.375. The molecule has 1 N–H and O–H groups in total. The van der Waals surface area contributed by atoms with Gasteiger partial charge in [0.15, 0.2) is 5.82 Å². The van der Waals surface area contributed by atoms with E-state index in [0.29, 0.717) is 12.4 Å². The average molecular weight is 262 g/mol. The van der Waals surface area contributed by atoms with Gasteiger partial charge in [-0.1, -0.05) is 11.3 Å². The second-order valence-corrected chi connectivity index (χ2v) is 4.65. The van der Waals surface area contributed by atoms with Crippen LogP contribution in [0.1, 0.15) is 5.82 Å². The van der Waals surface area contributed by atoms with Gasteiger partial charge in [0.1, 0.15) is 17.4 Å². The molecule has 3 rings (SSSR count). The van der Waals surface area contributed by atoms with Crippen LogP contribution in [0.3, 0.4) is 0 Å². The number of rotatable bonds is 3. The smallest absolute Gasteiger partial charge is 0.235 e. The summed E-state index contributed by atoms with van der Waals surface area (Å²) < 4.78 is 6.71. The number of aromatic nitrogens is 4. The lowest BCUT2D eigenvalue weighted by atomic mass is 10.2. The van der Waals surface area contributed by atoms with Gasteiger partial charge in [-0.25, -0.2) is 0 Å². The average Bonchev–Trinajstić information content (AvgIpc) is 2.93. The molecule has 18 heavy (non-hydrogen) atoms. The van der Waals surface area contributed by atoms with E-state index >= 15 is 0 Å². The maximum Gasteiger partial charge on any atom is 0.235 e. The van der Waals surface area contributed by atoms with E-state index in [0.717, 1.165) is 15.5 Å². The van der Waals surface area contributed by atoms with Gasteiger partial charge >= 0.3 is 0 Å². The Morgan fingerprint density at radius 1 is 1.28 bits per heavy atom. The number of hydrogen-bond acceptors (Lipinski definition) is 6. The molecule has 1 aromatic carbocycles. The summed E-state index contributed by atoms with van der Waals surface area (Å²) in [4.78, 5) is 0.727. The van der Waals surface area contributed by atoms with Gasteiger partial charge in [0.2, 0.25) is 4.96 Å². The number of benzene rings is 1. The highest BCUT2D eigenvalue weighted by molar-refractivity contribution is 7.19. The van der Waals surface area contributed by atoms with Crippen LogP contribution in [0.5, 0.6) is 5.75 Å². The molecule has 0 radical (unpaired) electrons. The van der Waals surface area contributed by atoms with Crippen molar-refractivity contribution in [2.75, 3.05) is 7.11 Å². The summed E-state index contributed by atoms with van der Waals surface area (Å²) in [5.41, 5.74) is 0.937. The van der Waals surface area contributed by atoms with Gasteiger partial charge in [0.05, 0.1) is 0 Å². The molecule has 0 aliphatic heterocycles. The van der Waals surface area contributed by atoms with Crippen LogP contribution in [-0.2, 0) is 11.3 Å². The standard InChI is InChI=1S/C11H10N4O2S/c1-17-6-9-12-13-11-15(9)14-10(18-11)7-2-4-8(16)5-3-7/h2-5,16H,6H2,1H3. The highest BCUT2D eigenvalue weighted by atomic mass is 32.1. The largest absolute Gasteiger partial charge is 0.508 e. The predicted octanol–water partition coefficient (Wildman–Crippen LogP) is 1.70. The summed E-state index contributed by atoms with van der Waals surface area (Å²) in [6, 6.07) is 6.90. The first kappa shape index (κ1) is 11.1. The Kier molecular flexibility index (Phi) is 2.69. The lowest BCUT2D eigenvalue weighted by Crippen LogP contribution is -1.97. The fourth-order valence-electron chi connectivity index (χ4n) is 1.60. The van der Waals surface area contributed by atoms with E-state index in [-0.39, 0.29) is 5.75 Å². The van der Waals surface area contributed by atoms with Crippen LogP contribution in [0.2, 0.25) is 0 Å². The van der Waals surface area contributed by atoms with Crippen LogP contribution in [0, 0.1) is 0 Å². The fourth-order valence-corrected chi connectivity index (χ4v) is 2.46. The second kappa shape index (κ2) is 4.35. The highest BCUT2D eigenvalue weighted by Crippen LogP contribution is 2.26. The normalized spacial score (nSPS) is 11.2. The molecule has 0 saturated carbocycles. The number of fused-ring (bicyclic) bond motifs is 1. The third-order valence-corrected chi connectivity index (χ3v) is 3.39. The SMILES string of the molecule is COCc1nnc2sc(-c3ccc(O)cc3)nn12. The number of nitrogens with zero attached hydrogens (tertiary/aromatic N) is 4. The van der Waals surface area contributed by atoms with E-state index in [1.807, 2.05) is 12.1 Å². The van der Waals surface area contributed by atoms with Gasteiger partial charge in [-0.05, 0) is 24.3 Å². The monoisotopic (exact) mass is 262 g/mol. The molecular weight excluding hydrogens is 252 g/mol. The van der Waals surface area contributed by atoms with E-state index in [4.69, 9.17) is 4.74 Å². The first-order valence-corrected chi connectivity index (χ1v) is 6.09. The third kappa shape index (κ3) is 1.83. The van der Waals surface area contributed by atoms with Crippen molar-refractivity contribution in [1.82, 2.24) is 19.8 Å². The van der Waals surface area contributed by atoms with E-state index in [1.54, 1.807) is 23.8 Å². The van der Waals surface area contributed by atoms with Gasteiger partial charge in [-0.15, -0.1) is 10.2 Å². The Morgan fingerprint density at radius 2 is 2.06 bits per heavy atom. The lowest BCUT2D eigenvalue weighted by molar-refractivity contribution is 0.176. The molecule has 0 unspecified atom stereocenters. The maximum atomic E-state index is 9.26. The molecule has 0 amide bonds. The fraction of sp³-hybridized carbons (Fsp3) is 0.182. The van der Waals surface area contributed by atoms with Crippen molar-refractivity contribution in [3.8, 4) is 16.3 Å². The Balaban J connectivity index is 2.05. The lowest BCUT2D eigenvalue weighted by Gasteiger charge is -1.96. The van der Waals surface area contributed by atoms with Crippen molar-refractivity contribution in [3.63, 3.8) is 0 Å². The van der Waals surface area contributed by atoms with Gasteiger partial charge in [0, 0.05) is 12.7 Å². The first-order chi connectivity index (χ1) is 8.78. The third-order valence-electron chi connectivity index (χ3n) is 2.44.